The van der Waals surface area contributed by atoms with Crippen LogP contribution in [0.2, 0.25) is 5.02 Å². The highest BCUT2D eigenvalue weighted by atomic mass is 35.5. The zero-order valence-electron chi connectivity index (χ0n) is 28.3. The molecule has 15 nitrogen and oxygen atoms in total. The fourth-order valence-electron chi connectivity index (χ4n) is 6.41. The molecule has 2 aromatic carbocycles. The third kappa shape index (κ3) is 7.13. The first-order chi connectivity index (χ1) is 25.3. The van der Waals surface area contributed by atoms with Gasteiger partial charge in [0.15, 0.2) is 17.3 Å². The number of carbonyl (C=O) groups excluding carboxylic acids is 2. The van der Waals surface area contributed by atoms with Crippen LogP contribution in [0.25, 0.3) is 17.2 Å². The van der Waals surface area contributed by atoms with Crippen LogP contribution in [0.15, 0.2) is 47.5 Å². The van der Waals surface area contributed by atoms with Gasteiger partial charge in [-0.1, -0.05) is 18.5 Å². The Kier molecular flexibility index (Phi) is 9.54. The first kappa shape index (κ1) is 35.8. The van der Waals surface area contributed by atoms with Gasteiger partial charge in [-0.15, -0.1) is 13.9 Å². The Morgan fingerprint density at radius 3 is 2.60 bits per heavy atom. The maximum Gasteiger partial charge on any atom is 0.487 e. The number of aryl methyl sites for hydroxylation is 1. The zero-order valence-corrected chi connectivity index (χ0v) is 29.8. The van der Waals surface area contributed by atoms with Crippen LogP contribution in [-0.2, 0) is 24.2 Å². The van der Waals surface area contributed by atoms with Gasteiger partial charge in [-0.25, -0.2) is 9.97 Å². The number of aromatic nitrogens is 6. The van der Waals surface area contributed by atoms with E-state index in [1.165, 1.54) is 23.4 Å². The number of nitrogens with zero attached hydrogens (tertiary/aromatic N) is 8. The number of benzene rings is 2. The summed E-state index contributed by atoms with van der Waals surface area (Å²) < 4.78 is 39.1. The summed E-state index contributed by atoms with van der Waals surface area (Å²) in [5, 5.41) is 17.6. The van der Waals surface area contributed by atoms with Crippen LogP contribution in [0.3, 0.4) is 0 Å². The number of alkyl halides is 3. The zero-order chi connectivity index (χ0) is 37.6. The molecule has 5 aromatic rings. The summed E-state index contributed by atoms with van der Waals surface area (Å²) in [6.07, 6.45) is 2.23. The van der Waals surface area contributed by atoms with Gasteiger partial charge in [0, 0.05) is 55.8 Å². The topological polar surface area (TPSA) is 169 Å². The van der Waals surface area contributed by atoms with Gasteiger partial charge in [0.05, 0.1) is 28.7 Å². The summed E-state index contributed by atoms with van der Waals surface area (Å²) in [6.45, 7) is 4.52. The van der Waals surface area contributed by atoms with E-state index in [1.807, 2.05) is 24.0 Å². The Hall–Kier alpha value is -5.55. The van der Waals surface area contributed by atoms with Crippen LogP contribution in [0.5, 0.6) is 17.2 Å². The molecule has 2 aliphatic heterocycles. The molecule has 2 N–H and O–H groups in total. The predicted octanol–water partition coefficient (Wildman–Crippen LogP) is 4.28. The Bertz CT molecular complexity index is 2320. The van der Waals surface area contributed by atoms with Crippen molar-refractivity contribution in [2.24, 2.45) is 0 Å². The van der Waals surface area contributed by atoms with Crippen molar-refractivity contribution in [1.29, 1.82) is 0 Å². The molecule has 19 heteroatoms. The van der Waals surface area contributed by atoms with E-state index < -0.39 is 22.9 Å². The number of amides is 2. The van der Waals surface area contributed by atoms with Gasteiger partial charge in [-0.2, -0.15) is 9.50 Å². The van der Waals surface area contributed by atoms with E-state index in [1.54, 1.807) is 17.6 Å². The molecule has 276 valence electrons. The minimum atomic E-state index is -3.95. The molecule has 2 amide bonds. The number of fused-ring (bicyclic) bond motifs is 2. The van der Waals surface area contributed by atoms with Crippen molar-refractivity contribution in [3.05, 3.63) is 80.7 Å². The van der Waals surface area contributed by atoms with E-state index in [2.05, 4.69) is 25.1 Å². The number of anilines is 2. The maximum absolute atomic E-state index is 14.3. The molecule has 2 aliphatic rings. The fourth-order valence-corrected chi connectivity index (χ4v) is 6.72. The minimum absolute atomic E-state index is 0.0820. The molecule has 0 radical (unpaired) electrons. The van der Waals surface area contributed by atoms with Gasteiger partial charge in [-0.05, 0) is 49.2 Å². The molecule has 0 aliphatic carbocycles. The minimum Gasteiger partial charge on any atom is -0.504 e. The summed E-state index contributed by atoms with van der Waals surface area (Å²) in [5.41, 5.74) is -1.74. The van der Waals surface area contributed by atoms with E-state index in [4.69, 9.17) is 32.9 Å². The van der Waals surface area contributed by atoms with Crippen molar-refractivity contribution in [1.82, 2.24) is 34.0 Å². The average Bonchev–Trinajstić information content (AvgIpc) is 3.79. The molecular formula is C34H31Cl2F2N9O6. The number of rotatable bonds is 9. The lowest BCUT2D eigenvalue weighted by Gasteiger charge is -2.36. The van der Waals surface area contributed by atoms with Crippen molar-refractivity contribution >= 4 is 52.2 Å². The van der Waals surface area contributed by atoms with Crippen LogP contribution in [0.4, 0.5) is 20.2 Å². The first-order valence-corrected chi connectivity index (χ1v) is 17.2. The third-order valence-corrected chi connectivity index (χ3v) is 9.34. The number of carbonyl (C=O) groups is 2. The van der Waals surface area contributed by atoms with Gasteiger partial charge < -0.3 is 34.3 Å². The van der Waals surface area contributed by atoms with Crippen LogP contribution < -0.4 is 25.2 Å². The molecule has 1 saturated heterocycles. The standard InChI is InChI=1S/C34H31Cl2F2N9O6/c1-3-24-28(44-9-11-45(12-10-44)31(50)27-29(49)18(2)39-17-40-27)32(51)47-33(42-30(43-47)20-4-7-25-19(14-20)8-13-52-25)46(24)16-26(48)41-23-6-5-21(15-22(23)35)53-34(36,37)38/h4-7,14-15,17,49H,3,8-13,16H2,1-2H3,(H,41,48). The number of aromatic hydroxyl groups is 1. The normalized spacial score (nSPS) is 14.3. The number of ether oxygens (including phenoxy) is 2. The molecule has 0 spiro atoms. The Morgan fingerprint density at radius 1 is 1.11 bits per heavy atom. The van der Waals surface area contributed by atoms with Crippen LogP contribution in [0.1, 0.15) is 34.4 Å². The van der Waals surface area contributed by atoms with Gasteiger partial charge >= 0.3 is 5.57 Å². The number of piperazine rings is 1. The maximum atomic E-state index is 14.3. The molecule has 7 rings (SSSR count). The van der Waals surface area contributed by atoms with E-state index >= 15 is 0 Å². The highest BCUT2D eigenvalue weighted by Crippen LogP contribution is 2.33. The second-order valence-corrected chi connectivity index (χ2v) is 13.1. The Balaban J connectivity index is 1.24. The summed E-state index contributed by atoms with van der Waals surface area (Å²) in [4.78, 5) is 57.2. The third-order valence-electron chi connectivity index (χ3n) is 8.95. The predicted molar refractivity (Wildman–Crippen MR) is 189 cm³/mol. The monoisotopic (exact) mass is 769 g/mol. The molecule has 1 fully saturated rings. The molecule has 53 heavy (non-hydrogen) atoms. The summed E-state index contributed by atoms with van der Waals surface area (Å²) in [7, 11) is 0. The smallest absolute Gasteiger partial charge is 0.487 e. The van der Waals surface area contributed by atoms with Crippen molar-refractivity contribution in [2.45, 2.75) is 38.8 Å². The van der Waals surface area contributed by atoms with Gasteiger partial charge in [0.2, 0.25) is 11.7 Å². The van der Waals surface area contributed by atoms with E-state index in [9.17, 15) is 28.3 Å². The second kappa shape index (κ2) is 14.1. The quantitative estimate of drug-likeness (QED) is 0.205. The highest BCUT2D eigenvalue weighted by molar-refractivity contribution is 6.33. The van der Waals surface area contributed by atoms with Crippen LogP contribution in [0, 0.1) is 6.92 Å². The molecule has 3 aromatic heterocycles. The van der Waals surface area contributed by atoms with Gasteiger partial charge in [0.25, 0.3) is 11.5 Å². The highest BCUT2D eigenvalue weighted by Gasteiger charge is 2.31. The van der Waals surface area contributed by atoms with E-state index in [0.717, 1.165) is 21.9 Å². The van der Waals surface area contributed by atoms with Crippen LogP contribution >= 0.6 is 23.2 Å². The van der Waals surface area contributed by atoms with Crippen molar-refractivity contribution < 1.29 is 33.0 Å². The second-order valence-electron chi connectivity index (χ2n) is 12.3. The van der Waals surface area contributed by atoms with Crippen molar-refractivity contribution in [2.75, 3.05) is 43.0 Å². The Morgan fingerprint density at radius 2 is 1.89 bits per heavy atom. The fraction of sp³-hybridized carbons (Fsp3) is 0.324. The number of hydrogen-bond donors (Lipinski definition) is 2. The lowest BCUT2D eigenvalue weighted by Crippen LogP contribution is -2.51. The molecule has 0 unspecified atom stereocenters. The molecule has 0 atom stereocenters. The van der Waals surface area contributed by atoms with Crippen molar-refractivity contribution in [3.63, 3.8) is 0 Å². The molecule has 0 bridgehead atoms. The SMILES string of the molecule is CCc1c(N2CCN(C(=O)c3ncnc(C)c3O)CC2)c(=O)n2nc(-c3ccc4c(c3)CCO4)nc2n1CC(=O)Nc1ccc(OC(F)(F)Cl)cc1Cl. The lowest BCUT2D eigenvalue weighted by atomic mass is 10.1. The molecule has 5 heterocycles. The van der Waals surface area contributed by atoms with Gasteiger partial charge in [-0.3, -0.25) is 14.4 Å². The van der Waals surface area contributed by atoms with E-state index in [-0.39, 0.29) is 83.6 Å². The Labute approximate surface area is 309 Å². The number of hydrogen-bond acceptors (Lipinski definition) is 11. The number of halogens is 4. The van der Waals surface area contributed by atoms with E-state index in [0.29, 0.717) is 30.7 Å². The summed E-state index contributed by atoms with van der Waals surface area (Å²) in [5.74, 6) is -0.503. The first-order valence-electron chi connectivity index (χ1n) is 16.5. The van der Waals surface area contributed by atoms with Gasteiger partial charge in [0.1, 0.15) is 30.1 Å². The van der Waals surface area contributed by atoms with Crippen molar-refractivity contribution in [3.8, 4) is 28.6 Å². The average molecular weight is 771 g/mol. The van der Waals surface area contributed by atoms with Crippen LogP contribution in [-0.4, -0.2) is 89.3 Å². The molecule has 0 saturated carbocycles. The lowest BCUT2D eigenvalue weighted by molar-refractivity contribution is -0.116. The largest absolute Gasteiger partial charge is 0.504 e. The molecular weight excluding hydrogens is 739 g/mol. The summed E-state index contributed by atoms with van der Waals surface area (Å²) in [6, 6.07) is 9.08. The summed E-state index contributed by atoms with van der Waals surface area (Å²) >= 11 is 11.2. The number of nitrogens with one attached hydrogen (secondary N) is 1.